The fraction of sp³-hybridized carbons (Fsp3) is 0.467. The molecule has 21 heavy (non-hydrogen) atoms. The summed E-state index contributed by atoms with van der Waals surface area (Å²) in [6.07, 6.45) is 3.33. The molecule has 0 spiro atoms. The van der Waals surface area contributed by atoms with E-state index in [1.807, 2.05) is 0 Å². The highest BCUT2D eigenvalue weighted by Crippen LogP contribution is 2.19. The van der Waals surface area contributed by atoms with E-state index in [0.29, 0.717) is 5.69 Å². The zero-order chi connectivity index (χ0) is 15.4. The minimum Gasteiger partial charge on any atom is -0.349 e. The number of carbonyl (C=O) groups is 2. The van der Waals surface area contributed by atoms with Crippen LogP contribution in [0, 0.1) is 5.82 Å². The van der Waals surface area contributed by atoms with Gasteiger partial charge in [0, 0.05) is 24.7 Å². The molecule has 0 radical (unpaired) electrons. The summed E-state index contributed by atoms with van der Waals surface area (Å²) in [5.74, 6) is -1.33. The summed E-state index contributed by atoms with van der Waals surface area (Å²) >= 11 is 0. The van der Waals surface area contributed by atoms with Crippen molar-refractivity contribution >= 4 is 17.5 Å². The predicted molar refractivity (Wildman–Crippen MR) is 78.4 cm³/mol. The van der Waals surface area contributed by atoms with Gasteiger partial charge in [0.15, 0.2) is 0 Å². The molecule has 0 aromatic heterocycles. The molecular formula is C15H20FN3O2. The lowest BCUT2D eigenvalue weighted by Crippen LogP contribution is -2.40. The zero-order valence-corrected chi connectivity index (χ0v) is 12.0. The van der Waals surface area contributed by atoms with Gasteiger partial charge >= 0.3 is 0 Å². The maximum atomic E-state index is 13.8. The number of halogens is 1. The van der Waals surface area contributed by atoms with Crippen molar-refractivity contribution in [3.05, 3.63) is 29.6 Å². The molecule has 1 aromatic carbocycles. The SMILES string of the molecule is CC(=O)Nc1ccc(F)c(C(=O)NC2CCC(N)CC2)c1. The van der Waals surface area contributed by atoms with Crippen LogP contribution in [0.4, 0.5) is 10.1 Å². The number of carbonyl (C=O) groups excluding carboxylic acids is 2. The third-order valence-electron chi connectivity index (χ3n) is 3.64. The van der Waals surface area contributed by atoms with E-state index in [-0.39, 0.29) is 23.6 Å². The predicted octanol–water partition coefficient (Wildman–Crippen LogP) is 1.78. The number of hydrogen-bond donors (Lipinski definition) is 3. The average molecular weight is 293 g/mol. The molecule has 2 amide bonds. The van der Waals surface area contributed by atoms with Crippen molar-refractivity contribution in [1.29, 1.82) is 0 Å². The van der Waals surface area contributed by atoms with E-state index in [9.17, 15) is 14.0 Å². The summed E-state index contributed by atoms with van der Waals surface area (Å²) in [4.78, 5) is 23.2. The molecule has 0 unspecified atom stereocenters. The molecule has 0 heterocycles. The van der Waals surface area contributed by atoms with Crippen LogP contribution < -0.4 is 16.4 Å². The van der Waals surface area contributed by atoms with Crippen molar-refractivity contribution in [2.75, 3.05) is 5.32 Å². The quantitative estimate of drug-likeness (QED) is 0.794. The molecule has 5 nitrogen and oxygen atoms in total. The maximum absolute atomic E-state index is 13.8. The molecule has 0 atom stereocenters. The molecule has 1 aromatic rings. The van der Waals surface area contributed by atoms with Gasteiger partial charge in [0.1, 0.15) is 5.82 Å². The maximum Gasteiger partial charge on any atom is 0.254 e. The van der Waals surface area contributed by atoms with Gasteiger partial charge in [-0.05, 0) is 43.9 Å². The van der Waals surface area contributed by atoms with E-state index in [1.165, 1.54) is 25.1 Å². The Morgan fingerprint density at radius 1 is 1.24 bits per heavy atom. The van der Waals surface area contributed by atoms with Crippen molar-refractivity contribution in [3.63, 3.8) is 0 Å². The fourth-order valence-corrected chi connectivity index (χ4v) is 2.51. The van der Waals surface area contributed by atoms with Crippen LogP contribution >= 0.6 is 0 Å². The van der Waals surface area contributed by atoms with E-state index in [0.717, 1.165) is 25.7 Å². The van der Waals surface area contributed by atoms with Crippen LogP contribution in [0.15, 0.2) is 18.2 Å². The van der Waals surface area contributed by atoms with Gasteiger partial charge in [0.2, 0.25) is 5.91 Å². The Morgan fingerprint density at radius 2 is 1.90 bits per heavy atom. The van der Waals surface area contributed by atoms with Crippen LogP contribution in [0.1, 0.15) is 43.0 Å². The third kappa shape index (κ3) is 4.26. The second-order valence-corrected chi connectivity index (χ2v) is 5.46. The summed E-state index contributed by atoms with van der Waals surface area (Å²) in [5, 5.41) is 5.36. The van der Waals surface area contributed by atoms with Crippen molar-refractivity contribution in [2.24, 2.45) is 5.73 Å². The van der Waals surface area contributed by atoms with Crippen LogP contribution in [0.3, 0.4) is 0 Å². The minimum absolute atomic E-state index is 0.0288. The summed E-state index contributed by atoms with van der Waals surface area (Å²) in [5.41, 5.74) is 6.16. The number of anilines is 1. The minimum atomic E-state index is -0.603. The summed E-state index contributed by atoms with van der Waals surface area (Å²) in [7, 11) is 0. The first-order chi connectivity index (χ1) is 9.95. The molecule has 114 valence electrons. The van der Waals surface area contributed by atoms with Gasteiger partial charge in [-0.3, -0.25) is 9.59 Å². The molecule has 4 N–H and O–H groups in total. The van der Waals surface area contributed by atoms with Gasteiger partial charge in [0.25, 0.3) is 5.91 Å². The van der Waals surface area contributed by atoms with E-state index in [1.54, 1.807) is 0 Å². The molecule has 2 rings (SSSR count). The van der Waals surface area contributed by atoms with Crippen LogP contribution in [-0.2, 0) is 4.79 Å². The average Bonchev–Trinajstić information content (AvgIpc) is 2.43. The van der Waals surface area contributed by atoms with Gasteiger partial charge in [-0.1, -0.05) is 0 Å². The number of nitrogens with two attached hydrogens (primary N) is 1. The molecule has 1 fully saturated rings. The summed E-state index contributed by atoms with van der Waals surface area (Å²) in [6.45, 7) is 1.36. The largest absolute Gasteiger partial charge is 0.349 e. The Hall–Kier alpha value is -1.95. The van der Waals surface area contributed by atoms with Crippen LogP contribution in [0.5, 0.6) is 0 Å². The molecule has 1 aliphatic carbocycles. The van der Waals surface area contributed by atoms with Gasteiger partial charge in [-0.2, -0.15) is 0 Å². The molecule has 6 heteroatoms. The first-order valence-corrected chi connectivity index (χ1v) is 7.09. The Balaban J connectivity index is 2.05. The third-order valence-corrected chi connectivity index (χ3v) is 3.64. The van der Waals surface area contributed by atoms with E-state index in [2.05, 4.69) is 10.6 Å². The van der Waals surface area contributed by atoms with E-state index >= 15 is 0 Å². The van der Waals surface area contributed by atoms with E-state index in [4.69, 9.17) is 5.73 Å². The summed E-state index contributed by atoms with van der Waals surface area (Å²) in [6, 6.07) is 4.17. The topological polar surface area (TPSA) is 84.2 Å². The van der Waals surface area contributed by atoms with Gasteiger partial charge in [0.05, 0.1) is 5.56 Å². The second kappa shape index (κ2) is 6.67. The number of rotatable bonds is 3. The Kier molecular flexibility index (Phi) is 4.90. The molecule has 0 aliphatic heterocycles. The van der Waals surface area contributed by atoms with Crippen molar-refractivity contribution < 1.29 is 14.0 Å². The van der Waals surface area contributed by atoms with Crippen molar-refractivity contribution in [2.45, 2.75) is 44.7 Å². The molecule has 0 saturated heterocycles. The first kappa shape index (κ1) is 15.4. The number of benzene rings is 1. The lowest BCUT2D eigenvalue weighted by atomic mass is 9.91. The van der Waals surface area contributed by atoms with Crippen LogP contribution in [0.2, 0.25) is 0 Å². The summed E-state index contributed by atoms with van der Waals surface area (Å²) < 4.78 is 13.8. The molecular weight excluding hydrogens is 273 g/mol. The monoisotopic (exact) mass is 293 g/mol. The molecule has 1 aliphatic rings. The standard InChI is InChI=1S/C15H20FN3O2/c1-9(20)18-12-6-7-14(16)13(8-12)15(21)19-11-4-2-10(17)3-5-11/h6-8,10-11H,2-5,17H2,1H3,(H,18,20)(H,19,21). The molecule has 0 bridgehead atoms. The zero-order valence-electron chi connectivity index (χ0n) is 12.0. The number of amides is 2. The van der Waals surface area contributed by atoms with Gasteiger partial charge in [-0.15, -0.1) is 0 Å². The Morgan fingerprint density at radius 3 is 2.52 bits per heavy atom. The first-order valence-electron chi connectivity index (χ1n) is 7.09. The van der Waals surface area contributed by atoms with Crippen LogP contribution in [-0.4, -0.2) is 23.9 Å². The number of nitrogens with one attached hydrogen (secondary N) is 2. The smallest absolute Gasteiger partial charge is 0.254 e. The molecule has 1 saturated carbocycles. The lowest BCUT2D eigenvalue weighted by Gasteiger charge is -2.26. The fourth-order valence-electron chi connectivity index (χ4n) is 2.51. The second-order valence-electron chi connectivity index (χ2n) is 5.46. The number of hydrogen-bond acceptors (Lipinski definition) is 3. The lowest BCUT2D eigenvalue weighted by molar-refractivity contribution is -0.114. The van der Waals surface area contributed by atoms with Gasteiger partial charge in [-0.25, -0.2) is 4.39 Å². The van der Waals surface area contributed by atoms with Gasteiger partial charge < -0.3 is 16.4 Å². The highest BCUT2D eigenvalue weighted by Gasteiger charge is 2.22. The van der Waals surface area contributed by atoms with E-state index < -0.39 is 11.7 Å². The highest BCUT2D eigenvalue weighted by molar-refractivity contribution is 5.97. The highest BCUT2D eigenvalue weighted by atomic mass is 19.1. The van der Waals surface area contributed by atoms with Crippen molar-refractivity contribution in [3.8, 4) is 0 Å². The van der Waals surface area contributed by atoms with Crippen molar-refractivity contribution in [1.82, 2.24) is 5.32 Å². The normalized spacial score (nSPS) is 21.7. The van der Waals surface area contributed by atoms with Crippen LogP contribution in [0.25, 0.3) is 0 Å². The Labute approximate surface area is 123 Å². The Bertz CT molecular complexity index is 540.